The zero-order chi connectivity index (χ0) is 14.4. The lowest BCUT2D eigenvalue weighted by Gasteiger charge is -2.01. The van der Waals surface area contributed by atoms with Crippen LogP contribution in [0.15, 0.2) is 53.6 Å². The maximum absolute atomic E-state index is 12.7. The van der Waals surface area contributed by atoms with Gasteiger partial charge in [-0.2, -0.15) is 5.10 Å². The molecule has 2 rings (SSSR count). The molecule has 0 bridgehead atoms. The van der Waals surface area contributed by atoms with Crippen LogP contribution >= 0.6 is 0 Å². The molecule has 102 valence electrons. The van der Waals surface area contributed by atoms with Crippen LogP contribution in [0.4, 0.5) is 4.39 Å². The second-order valence-corrected chi connectivity index (χ2v) is 4.09. The van der Waals surface area contributed by atoms with E-state index in [0.29, 0.717) is 17.5 Å². The third-order valence-electron chi connectivity index (χ3n) is 2.67. The van der Waals surface area contributed by atoms with E-state index in [2.05, 4.69) is 10.5 Å². The smallest absolute Gasteiger partial charge is 0.271 e. The Kier molecular flexibility index (Phi) is 4.44. The van der Waals surface area contributed by atoms with Crippen molar-refractivity contribution in [2.45, 2.75) is 6.42 Å². The van der Waals surface area contributed by atoms with Gasteiger partial charge in [0.2, 0.25) is 0 Å². The van der Waals surface area contributed by atoms with Crippen molar-refractivity contribution in [1.29, 1.82) is 0 Å². The van der Waals surface area contributed by atoms with Crippen LogP contribution in [-0.2, 0) is 6.42 Å². The van der Waals surface area contributed by atoms with Gasteiger partial charge in [0.05, 0.1) is 0 Å². The van der Waals surface area contributed by atoms with Crippen LogP contribution < -0.4 is 5.43 Å². The Morgan fingerprint density at radius 2 is 1.90 bits per heavy atom. The number of hydrogen-bond acceptors (Lipinski definition) is 3. The van der Waals surface area contributed by atoms with E-state index in [0.717, 1.165) is 0 Å². The molecule has 0 heterocycles. The number of halogens is 1. The average molecular weight is 272 g/mol. The number of rotatable bonds is 4. The molecular weight excluding hydrogens is 259 g/mol. The molecule has 5 heteroatoms. The van der Waals surface area contributed by atoms with Crippen LogP contribution in [0.1, 0.15) is 15.9 Å². The Labute approximate surface area is 115 Å². The van der Waals surface area contributed by atoms with Crippen molar-refractivity contribution >= 4 is 12.1 Å². The Hall–Kier alpha value is -2.69. The lowest BCUT2D eigenvalue weighted by molar-refractivity contribution is 0.0955. The van der Waals surface area contributed by atoms with Gasteiger partial charge in [-0.25, -0.2) is 9.82 Å². The monoisotopic (exact) mass is 272 g/mol. The highest BCUT2D eigenvalue weighted by atomic mass is 19.1. The zero-order valence-electron chi connectivity index (χ0n) is 10.6. The first-order chi connectivity index (χ1) is 9.66. The zero-order valence-corrected chi connectivity index (χ0v) is 10.6. The molecule has 0 spiro atoms. The number of para-hydroxylation sites is 1. The molecule has 0 saturated carbocycles. The summed E-state index contributed by atoms with van der Waals surface area (Å²) in [6.07, 6.45) is 1.88. The number of benzene rings is 2. The number of nitrogens with zero attached hydrogens (tertiary/aromatic N) is 1. The highest BCUT2D eigenvalue weighted by molar-refractivity contribution is 5.94. The predicted molar refractivity (Wildman–Crippen MR) is 74.2 cm³/mol. The lowest BCUT2D eigenvalue weighted by atomic mass is 10.1. The van der Waals surface area contributed by atoms with Crippen molar-refractivity contribution in [3.05, 3.63) is 65.5 Å². The van der Waals surface area contributed by atoms with E-state index in [4.69, 9.17) is 0 Å². The maximum atomic E-state index is 12.7. The Balaban J connectivity index is 1.89. The Morgan fingerprint density at radius 1 is 1.20 bits per heavy atom. The molecule has 2 N–H and O–H groups in total. The first-order valence-electron chi connectivity index (χ1n) is 6.01. The fourth-order valence-electron chi connectivity index (χ4n) is 1.60. The summed E-state index contributed by atoms with van der Waals surface area (Å²) in [5.74, 6) is -0.632. The second kappa shape index (κ2) is 6.47. The Morgan fingerprint density at radius 3 is 2.60 bits per heavy atom. The van der Waals surface area contributed by atoms with Crippen LogP contribution in [-0.4, -0.2) is 17.2 Å². The van der Waals surface area contributed by atoms with E-state index >= 15 is 0 Å². The molecule has 0 saturated heterocycles. The number of phenolic OH excluding ortho intramolecular Hbond substituents is 1. The molecule has 4 nitrogen and oxygen atoms in total. The summed E-state index contributed by atoms with van der Waals surface area (Å²) in [6.45, 7) is 0. The number of hydrogen-bond donors (Lipinski definition) is 2. The summed E-state index contributed by atoms with van der Waals surface area (Å²) in [6, 6.07) is 12.1. The average Bonchev–Trinajstić information content (AvgIpc) is 2.46. The van der Waals surface area contributed by atoms with Gasteiger partial charge in [-0.1, -0.05) is 18.2 Å². The lowest BCUT2D eigenvalue weighted by Crippen LogP contribution is -2.17. The first-order valence-corrected chi connectivity index (χ1v) is 6.01. The van der Waals surface area contributed by atoms with Crippen molar-refractivity contribution in [1.82, 2.24) is 5.43 Å². The normalized spacial score (nSPS) is 10.7. The maximum Gasteiger partial charge on any atom is 0.271 e. The minimum Gasteiger partial charge on any atom is -0.508 e. The summed E-state index contributed by atoms with van der Waals surface area (Å²) < 4.78 is 12.7. The van der Waals surface area contributed by atoms with Gasteiger partial charge in [0, 0.05) is 18.2 Å². The minimum atomic E-state index is -0.418. The number of amides is 1. The molecule has 0 aliphatic heterocycles. The van der Waals surface area contributed by atoms with Crippen molar-refractivity contribution in [2.75, 3.05) is 0 Å². The van der Waals surface area contributed by atoms with Gasteiger partial charge in [0.25, 0.3) is 5.91 Å². The number of phenols is 1. The van der Waals surface area contributed by atoms with Crippen molar-refractivity contribution < 1.29 is 14.3 Å². The predicted octanol–water partition coefficient (Wildman–Crippen LogP) is 2.49. The van der Waals surface area contributed by atoms with Crippen LogP contribution in [0.25, 0.3) is 0 Å². The number of carbonyl (C=O) groups is 1. The molecule has 0 atom stereocenters. The van der Waals surface area contributed by atoms with Crippen molar-refractivity contribution in [2.24, 2.45) is 5.10 Å². The van der Waals surface area contributed by atoms with Crippen LogP contribution in [0.3, 0.4) is 0 Å². The number of aromatic hydroxyl groups is 1. The van der Waals surface area contributed by atoms with Gasteiger partial charge < -0.3 is 5.11 Å². The molecule has 0 fully saturated rings. The van der Waals surface area contributed by atoms with Crippen molar-refractivity contribution in [3.8, 4) is 5.75 Å². The SMILES string of the molecule is O=C(N/N=C/Cc1ccccc1O)c1ccc(F)cc1. The highest BCUT2D eigenvalue weighted by Crippen LogP contribution is 2.14. The van der Waals surface area contributed by atoms with E-state index in [1.807, 2.05) is 0 Å². The van der Waals surface area contributed by atoms with Gasteiger partial charge >= 0.3 is 0 Å². The van der Waals surface area contributed by atoms with Crippen LogP contribution in [0, 0.1) is 5.82 Å². The van der Waals surface area contributed by atoms with E-state index in [9.17, 15) is 14.3 Å². The first kappa shape index (κ1) is 13.7. The third kappa shape index (κ3) is 3.65. The molecular formula is C15H13FN2O2. The largest absolute Gasteiger partial charge is 0.508 e. The molecule has 0 aromatic heterocycles. The Bertz CT molecular complexity index is 624. The number of nitrogens with one attached hydrogen (secondary N) is 1. The number of carbonyl (C=O) groups excluding carboxylic acids is 1. The van der Waals surface area contributed by atoms with Gasteiger partial charge in [0.15, 0.2) is 0 Å². The van der Waals surface area contributed by atoms with Gasteiger partial charge in [-0.3, -0.25) is 4.79 Å². The molecule has 0 radical (unpaired) electrons. The standard InChI is InChI=1S/C15H13FN2O2/c16-13-7-5-12(6-8-13)15(20)18-17-10-9-11-3-1-2-4-14(11)19/h1-8,10,19H,9H2,(H,18,20)/b17-10+. The van der Waals surface area contributed by atoms with Gasteiger partial charge in [-0.15, -0.1) is 0 Å². The summed E-state index contributed by atoms with van der Waals surface area (Å²) in [5, 5.41) is 13.3. The topological polar surface area (TPSA) is 61.7 Å². The highest BCUT2D eigenvalue weighted by Gasteiger charge is 2.03. The van der Waals surface area contributed by atoms with Crippen molar-refractivity contribution in [3.63, 3.8) is 0 Å². The molecule has 2 aromatic rings. The molecule has 0 aliphatic rings. The number of hydrazone groups is 1. The summed E-state index contributed by atoms with van der Waals surface area (Å²) in [7, 11) is 0. The minimum absolute atomic E-state index is 0.184. The van der Waals surface area contributed by atoms with Gasteiger partial charge in [0.1, 0.15) is 11.6 Å². The summed E-state index contributed by atoms with van der Waals surface area (Å²) >= 11 is 0. The molecule has 0 aliphatic carbocycles. The van der Waals surface area contributed by atoms with Crippen LogP contribution in [0.5, 0.6) is 5.75 Å². The van der Waals surface area contributed by atoms with E-state index in [-0.39, 0.29) is 5.75 Å². The molecule has 1 amide bonds. The summed E-state index contributed by atoms with van der Waals surface area (Å²) in [4.78, 5) is 11.6. The van der Waals surface area contributed by atoms with Gasteiger partial charge in [-0.05, 0) is 35.9 Å². The molecule has 2 aromatic carbocycles. The second-order valence-electron chi connectivity index (χ2n) is 4.09. The van der Waals surface area contributed by atoms with E-state index in [1.54, 1.807) is 24.3 Å². The fourth-order valence-corrected chi connectivity index (χ4v) is 1.60. The van der Waals surface area contributed by atoms with E-state index < -0.39 is 11.7 Å². The van der Waals surface area contributed by atoms with E-state index in [1.165, 1.54) is 30.5 Å². The van der Waals surface area contributed by atoms with Crippen LogP contribution in [0.2, 0.25) is 0 Å². The summed E-state index contributed by atoms with van der Waals surface area (Å²) in [5.41, 5.74) is 3.37. The quantitative estimate of drug-likeness (QED) is 0.663. The fraction of sp³-hybridized carbons (Fsp3) is 0.0667. The molecule has 0 unspecified atom stereocenters. The molecule has 20 heavy (non-hydrogen) atoms. The third-order valence-corrected chi connectivity index (χ3v) is 2.67.